The molecule has 0 aromatic rings. The first-order valence-electron chi connectivity index (χ1n) is 7.85. The Morgan fingerprint density at radius 1 is 1.24 bits per heavy atom. The average Bonchev–Trinajstić information content (AvgIpc) is 2.93. The molecule has 1 unspecified atom stereocenters. The highest BCUT2D eigenvalue weighted by Crippen LogP contribution is 2.33. The number of nitrogens with zero attached hydrogens (tertiary/aromatic N) is 1. The van der Waals surface area contributed by atoms with E-state index in [-0.39, 0.29) is 24.2 Å². The van der Waals surface area contributed by atoms with Crippen LogP contribution in [0, 0.1) is 17.8 Å². The van der Waals surface area contributed by atoms with Gasteiger partial charge in [0.1, 0.15) is 0 Å². The van der Waals surface area contributed by atoms with Gasteiger partial charge in [-0.3, -0.25) is 9.59 Å². The molecule has 1 aliphatic heterocycles. The summed E-state index contributed by atoms with van der Waals surface area (Å²) in [4.78, 5) is 25.6. The number of rotatable bonds is 4. The minimum Gasteiger partial charge on any atom is -0.356 e. The van der Waals surface area contributed by atoms with Crippen molar-refractivity contribution >= 4 is 24.2 Å². The molecule has 2 rings (SSSR count). The van der Waals surface area contributed by atoms with Crippen LogP contribution in [0.3, 0.4) is 0 Å². The van der Waals surface area contributed by atoms with E-state index in [4.69, 9.17) is 5.73 Å². The second kappa shape index (κ2) is 8.59. The van der Waals surface area contributed by atoms with E-state index in [1.54, 1.807) is 0 Å². The third kappa shape index (κ3) is 4.85. The number of piperidine rings is 1. The lowest BCUT2D eigenvalue weighted by molar-refractivity contribution is -0.138. The average molecular weight is 318 g/mol. The fraction of sp³-hybridized carbons (Fsp3) is 0.867. The molecule has 0 aromatic heterocycles. The van der Waals surface area contributed by atoms with Gasteiger partial charge in [0.2, 0.25) is 11.8 Å². The number of hydrogen-bond acceptors (Lipinski definition) is 3. The second-order valence-electron chi connectivity index (χ2n) is 6.26. The summed E-state index contributed by atoms with van der Waals surface area (Å²) >= 11 is 0. The van der Waals surface area contributed by atoms with Crippen LogP contribution >= 0.6 is 12.4 Å². The van der Waals surface area contributed by atoms with E-state index in [0.29, 0.717) is 30.8 Å². The molecule has 3 N–H and O–H groups in total. The smallest absolute Gasteiger partial charge is 0.226 e. The fourth-order valence-electron chi connectivity index (χ4n) is 3.60. The van der Waals surface area contributed by atoms with Crippen LogP contribution in [0.5, 0.6) is 0 Å². The molecule has 1 aliphatic carbocycles. The SMILES string of the molecule is CC(=O)NCC1CCCN(C(=O)[C@@H]2CCC[C@@H]2CN)C1.Cl. The molecular formula is C15H28ClN3O2. The van der Waals surface area contributed by atoms with Crippen molar-refractivity contribution in [2.45, 2.75) is 39.0 Å². The zero-order chi connectivity index (χ0) is 14.5. The van der Waals surface area contributed by atoms with Crippen molar-refractivity contribution in [3.63, 3.8) is 0 Å². The number of nitrogens with one attached hydrogen (secondary N) is 1. The van der Waals surface area contributed by atoms with Gasteiger partial charge >= 0.3 is 0 Å². The topological polar surface area (TPSA) is 75.4 Å². The molecule has 0 radical (unpaired) electrons. The molecule has 5 nitrogen and oxygen atoms in total. The number of carbonyl (C=O) groups is 2. The molecule has 1 saturated heterocycles. The van der Waals surface area contributed by atoms with Gasteiger partial charge in [0.05, 0.1) is 0 Å². The summed E-state index contributed by atoms with van der Waals surface area (Å²) in [6, 6.07) is 0. The molecule has 1 saturated carbocycles. The lowest BCUT2D eigenvalue weighted by atomic mass is 9.92. The molecule has 2 amide bonds. The predicted molar refractivity (Wildman–Crippen MR) is 85.1 cm³/mol. The van der Waals surface area contributed by atoms with Crippen LogP contribution < -0.4 is 11.1 Å². The summed E-state index contributed by atoms with van der Waals surface area (Å²) in [5.41, 5.74) is 5.78. The maximum absolute atomic E-state index is 12.6. The summed E-state index contributed by atoms with van der Waals surface area (Å²) in [5.74, 6) is 1.21. The molecule has 21 heavy (non-hydrogen) atoms. The fourth-order valence-corrected chi connectivity index (χ4v) is 3.60. The van der Waals surface area contributed by atoms with E-state index in [1.165, 1.54) is 6.92 Å². The highest BCUT2D eigenvalue weighted by molar-refractivity contribution is 5.85. The number of carbonyl (C=O) groups excluding carboxylic acids is 2. The lowest BCUT2D eigenvalue weighted by Gasteiger charge is -2.35. The third-order valence-corrected chi connectivity index (χ3v) is 4.75. The van der Waals surface area contributed by atoms with Gasteiger partial charge < -0.3 is 16.0 Å². The number of halogens is 1. The van der Waals surface area contributed by atoms with Gasteiger partial charge in [0.25, 0.3) is 0 Å². The predicted octanol–water partition coefficient (Wildman–Crippen LogP) is 1.16. The third-order valence-electron chi connectivity index (χ3n) is 4.75. The van der Waals surface area contributed by atoms with Gasteiger partial charge in [-0.25, -0.2) is 0 Å². The number of hydrogen-bond donors (Lipinski definition) is 2. The summed E-state index contributed by atoms with van der Waals surface area (Å²) < 4.78 is 0. The van der Waals surface area contributed by atoms with E-state index in [0.717, 1.165) is 45.2 Å². The van der Waals surface area contributed by atoms with E-state index >= 15 is 0 Å². The first-order chi connectivity index (χ1) is 9.61. The maximum Gasteiger partial charge on any atom is 0.226 e. The van der Waals surface area contributed by atoms with E-state index in [2.05, 4.69) is 5.32 Å². The summed E-state index contributed by atoms with van der Waals surface area (Å²) in [6.07, 6.45) is 5.34. The monoisotopic (exact) mass is 317 g/mol. The van der Waals surface area contributed by atoms with Crippen LogP contribution in [-0.4, -0.2) is 42.9 Å². The first kappa shape index (κ1) is 18.2. The largest absolute Gasteiger partial charge is 0.356 e. The number of nitrogens with two attached hydrogens (primary N) is 1. The Morgan fingerprint density at radius 2 is 2.00 bits per heavy atom. The van der Waals surface area contributed by atoms with E-state index in [1.807, 2.05) is 4.90 Å². The van der Waals surface area contributed by atoms with E-state index < -0.39 is 0 Å². The van der Waals surface area contributed by atoms with Gasteiger partial charge in [-0.1, -0.05) is 6.42 Å². The maximum atomic E-state index is 12.6. The van der Waals surface area contributed by atoms with Crippen molar-refractivity contribution in [2.24, 2.45) is 23.5 Å². The molecule has 3 atom stereocenters. The number of likely N-dealkylation sites (tertiary alicyclic amines) is 1. The van der Waals surface area contributed by atoms with Crippen molar-refractivity contribution in [3.8, 4) is 0 Å². The Morgan fingerprint density at radius 3 is 2.67 bits per heavy atom. The molecule has 1 heterocycles. The standard InChI is InChI=1S/C15H27N3O2.ClH/c1-11(19)17-9-12-4-3-7-18(10-12)15(20)14-6-2-5-13(14)8-16;/h12-14H,2-10,16H2,1H3,(H,17,19);1H/t12?,13-,14-;/m1./s1. The molecule has 122 valence electrons. The summed E-state index contributed by atoms with van der Waals surface area (Å²) in [6.45, 7) is 4.50. The normalized spacial score (nSPS) is 28.9. The Labute approximate surface area is 133 Å². The molecule has 2 aliphatic rings. The Hall–Kier alpha value is -0.810. The second-order valence-corrected chi connectivity index (χ2v) is 6.26. The van der Waals surface area contributed by atoms with E-state index in [9.17, 15) is 9.59 Å². The van der Waals surface area contributed by atoms with Crippen LogP contribution in [0.4, 0.5) is 0 Å². The van der Waals surface area contributed by atoms with Crippen molar-refractivity contribution in [2.75, 3.05) is 26.2 Å². The highest BCUT2D eigenvalue weighted by atomic mass is 35.5. The number of amides is 2. The van der Waals surface area contributed by atoms with Gasteiger partial charge in [-0.15, -0.1) is 12.4 Å². The van der Waals surface area contributed by atoms with Gasteiger partial charge in [-0.2, -0.15) is 0 Å². The Balaban J connectivity index is 0.00000220. The van der Waals surface area contributed by atoms with Crippen molar-refractivity contribution < 1.29 is 9.59 Å². The summed E-state index contributed by atoms with van der Waals surface area (Å²) in [5, 5.41) is 2.87. The molecule has 6 heteroatoms. The zero-order valence-corrected chi connectivity index (χ0v) is 13.7. The van der Waals surface area contributed by atoms with Gasteiger partial charge in [0.15, 0.2) is 0 Å². The van der Waals surface area contributed by atoms with Gasteiger partial charge in [-0.05, 0) is 44.1 Å². The lowest BCUT2D eigenvalue weighted by Crippen LogP contribution is -2.46. The van der Waals surface area contributed by atoms with Crippen LogP contribution in [0.15, 0.2) is 0 Å². The van der Waals surface area contributed by atoms with Crippen LogP contribution in [-0.2, 0) is 9.59 Å². The molecule has 2 fully saturated rings. The first-order valence-corrected chi connectivity index (χ1v) is 7.85. The Kier molecular flexibility index (Phi) is 7.46. The summed E-state index contributed by atoms with van der Waals surface area (Å²) in [7, 11) is 0. The van der Waals surface area contributed by atoms with Crippen molar-refractivity contribution in [1.29, 1.82) is 0 Å². The van der Waals surface area contributed by atoms with Crippen molar-refractivity contribution in [1.82, 2.24) is 10.2 Å². The quantitative estimate of drug-likeness (QED) is 0.817. The highest BCUT2D eigenvalue weighted by Gasteiger charge is 2.36. The minimum atomic E-state index is 0. The van der Waals surface area contributed by atoms with Crippen LogP contribution in [0.1, 0.15) is 39.0 Å². The van der Waals surface area contributed by atoms with Crippen LogP contribution in [0.25, 0.3) is 0 Å². The molecular weight excluding hydrogens is 290 g/mol. The molecule has 0 aromatic carbocycles. The molecule has 0 bridgehead atoms. The van der Waals surface area contributed by atoms with Crippen LogP contribution in [0.2, 0.25) is 0 Å². The van der Waals surface area contributed by atoms with Gasteiger partial charge in [0, 0.05) is 32.5 Å². The molecule has 0 spiro atoms. The van der Waals surface area contributed by atoms with Crippen molar-refractivity contribution in [3.05, 3.63) is 0 Å². The Bertz CT molecular complexity index is 365. The zero-order valence-electron chi connectivity index (χ0n) is 12.8. The minimum absolute atomic E-state index is 0.